The first-order valence-corrected chi connectivity index (χ1v) is 11.1. The summed E-state index contributed by atoms with van der Waals surface area (Å²) in [5, 5.41) is 16.1. The molecule has 0 aliphatic carbocycles. The van der Waals surface area contributed by atoms with Crippen molar-refractivity contribution in [2.75, 3.05) is 6.61 Å². The van der Waals surface area contributed by atoms with Crippen molar-refractivity contribution < 1.29 is 19.4 Å². The summed E-state index contributed by atoms with van der Waals surface area (Å²) >= 11 is 6.57. The smallest absolute Gasteiger partial charge is 0.303 e. The number of aryl methyl sites for hydroxylation is 1. The van der Waals surface area contributed by atoms with Crippen LogP contribution in [0.2, 0.25) is 5.15 Å². The van der Waals surface area contributed by atoms with E-state index in [4.69, 9.17) is 21.4 Å². The average molecular weight is 466 g/mol. The fourth-order valence-corrected chi connectivity index (χ4v) is 4.14. The lowest BCUT2D eigenvalue weighted by atomic mass is 9.97. The minimum absolute atomic E-state index is 0.149. The number of carboxylic acid groups (broad SMARTS) is 1. The molecule has 0 bridgehead atoms. The van der Waals surface area contributed by atoms with E-state index in [-0.39, 0.29) is 23.9 Å². The molecule has 0 spiro atoms. The number of halogens is 1. The lowest BCUT2D eigenvalue weighted by Crippen LogP contribution is -2.27. The van der Waals surface area contributed by atoms with E-state index in [9.17, 15) is 9.59 Å². The Balaban J connectivity index is 1.73. The molecule has 1 aromatic heterocycles. The maximum Gasteiger partial charge on any atom is 0.303 e. The van der Waals surface area contributed by atoms with E-state index in [0.717, 1.165) is 28.0 Å². The van der Waals surface area contributed by atoms with E-state index in [1.165, 1.54) is 5.01 Å². The molecule has 170 valence electrons. The largest absolute Gasteiger partial charge is 0.494 e. The summed E-state index contributed by atoms with van der Waals surface area (Å²) in [6.45, 7) is 4.46. The summed E-state index contributed by atoms with van der Waals surface area (Å²) < 4.78 is 5.60. The Kier molecular flexibility index (Phi) is 6.60. The average Bonchev–Trinajstić information content (AvgIpc) is 3.23. The number of benzene rings is 2. The second kappa shape index (κ2) is 9.58. The van der Waals surface area contributed by atoms with E-state index in [1.54, 1.807) is 0 Å². The molecule has 1 aliphatic heterocycles. The van der Waals surface area contributed by atoms with Crippen LogP contribution in [0, 0.1) is 6.92 Å². The van der Waals surface area contributed by atoms with E-state index in [0.29, 0.717) is 24.1 Å². The molecule has 0 saturated carbocycles. The summed E-state index contributed by atoms with van der Waals surface area (Å²) in [5.41, 5.74) is 4.14. The van der Waals surface area contributed by atoms with Gasteiger partial charge in [0.15, 0.2) is 0 Å². The van der Waals surface area contributed by atoms with E-state index in [1.807, 2.05) is 62.4 Å². The molecule has 1 atom stereocenters. The minimum Gasteiger partial charge on any atom is -0.494 e. The van der Waals surface area contributed by atoms with Crippen LogP contribution in [-0.4, -0.2) is 39.3 Å². The van der Waals surface area contributed by atoms with Gasteiger partial charge in [0, 0.05) is 23.8 Å². The Hall–Kier alpha value is -3.45. The molecule has 0 saturated heterocycles. The number of carbonyl (C=O) groups is 2. The third-order valence-electron chi connectivity index (χ3n) is 5.54. The van der Waals surface area contributed by atoms with Crippen molar-refractivity contribution in [1.29, 1.82) is 0 Å². The number of nitrogens with zero attached hydrogens (tertiary/aromatic N) is 3. The Morgan fingerprint density at radius 2 is 1.91 bits per heavy atom. The van der Waals surface area contributed by atoms with E-state index >= 15 is 0 Å². The number of aromatic nitrogens is 1. The van der Waals surface area contributed by atoms with Crippen molar-refractivity contribution in [3.63, 3.8) is 0 Å². The van der Waals surface area contributed by atoms with Crippen LogP contribution in [0.25, 0.3) is 10.9 Å². The van der Waals surface area contributed by atoms with Gasteiger partial charge in [0.1, 0.15) is 10.9 Å². The number of carbonyl (C=O) groups excluding carboxylic acids is 1. The van der Waals surface area contributed by atoms with Gasteiger partial charge in [0.25, 0.3) is 0 Å². The first kappa shape index (κ1) is 22.7. The number of fused-ring (bicyclic) bond motifs is 1. The van der Waals surface area contributed by atoms with Crippen molar-refractivity contribution in [3.8, 4) is 5.75 Å². The monoisotopic (exact) mass is 465 g/mol. The number of amides is 1. The molecule has 7 nitrogen and oxygen atoms in total. The highest BCUT2D eigenvalue weighted by Gasteiger charge is 2.35. The van der Waals surface area contributed by atoms with Crippen LogP contribution in [0.15, 0.2) is 53.6 Å². The molecule has 33 heavy (non-hydrogen) atoms. The van der Waals surface area contributed by atoms with Crippen molar-refractivity contribution in [3.05, 3.63) is 70.4 Å². The fourth-order valence-electron chi connectivity index (χ4n) is 3.87. The first-order valence-electron chi connectivity index (χ1n) is 10.8. The molecule has 1 amide bonds. The first-order chi connectivity index (χ1) is 15.9. The van der Waals surface area contributed by atoms with Crippen LogP contribution in [-0.2, 0) is 9.59 Å². The van der Waals surface area contributed by atoms with Crippen molar-refractivity contribution in [2.45, 2.75) is 39.2 Å². The molecule has 4 rings (SSSR count). The Labute approximate surface area is 196 Å². The van der Waals surface area contributed by atoms with Gasteiger partial charge in [-0.05, 0) is 43.7 Å². The zero-order chi connectivity index (χ0) is 23.5. The van der Waals surface area contributed by atoms with Crippen LogP contribution in [0.4, 0.5) is 0 Å². The second-order valence-electron chi connectivity index (χ2n) is 7.92. The van der Waals surface area contributed by atoms with Gasteiger partial charge in [0.05, 0.1) is 30.3 Å². The minimum atomic E-state index is -1.03. The molecular weight excluding hydrogens is 442 g/mol. The lowest BCUT2D eigenvalue weighted by molar-refractivity contribution is -0.141. The standard InChI is InChI=1S/C25H24ClN3O4/c1-3-33-18-8-9-20-17(12-18)13-19(25(26)27-20)22-14-21(16-6-4-15(2)5-7-16)28-29(22)23(30)10-11-24(31)32/h4-9,12-13,22H,3,10-11,14H2,1-2H3,(H,31,32). The van der Waals surface area contributed by atoms with E-state index < -0.39 is 12.0 Å². The number of ether oxygens (including phenoxy) is 1. The van der Waals surface area contributed by atoms with Gasteiger partial charge in [-0.15, -0.1) is 0 Å². The topological polar surface area (TPSA) is 92.1 Å². The summed E-state index contributed by atoms with van der Waals surface area (Å²) in [7, 11) is 0. The number of carboxylic acids is 1. The van der Waals surface area contributed by atoms with Crippen LogP contribution < -0.4 is 4.74 Å². The molecule has 0 radical (unpaired) electrons. The van der Waals surface area contributed by atoms with Crippen LogP contribution in [0.5, 0.6) is 5.75 Å². The fraction of sp³-hybridized carbons (Fsp3) is 0.280. The van der Waals surface area contributed by atoms with Crippen molar-refractivity contribution in [2.24, 2.45) is 5.10 Å². The van der Waals surface area contributed by atoms with Crippen molar-refractivity contribution in [1.82, 2.24) is 9.99 Å². The highest BCUT2D eigenvalue weighted by molar-refractivity contribution is 6.30. The highest BCUT2D eigenvalue weighted by Crippen LogP contribution is 2.38. The predicted octanol–water partition coefficient (Wildman–Crippen LogP) is 5.14. The Morgan fingerprint density at radius 1 is 1.15 bits per heavy atom. The number of hydrazone groups is 1. The normalized spacial score (nSPS) is 15.5. The number of hydrogen-bond donors (Lipinski definition) is 1. The lowest BCUT2D eigenvalue weighted by Gasteiger charge is -2.23. The third kappa shape index (κ3) is 4.98. The molecule has 1 unspecified atom stereocenters. The molecule has 2 aromatic carbocycles. The number of aliphatic carboxylic acids is 1. The predicted molar refractivity (Wildman–Crippen MR) is 127 cm³/mol. The second-order valence-corrected chi connectivity index (χ2v) is 8.28. The Morgan fingerprint density at radius 3 is 2.61 bits per heavy atom. The van der Waals surface area contributed by atoms with Gasteiger partial charge in [-0.25, -0.2) is 9.99 Å². The quantitative estimate of drug-likeness (QED) is 0.488. The molecule has 8 heteroatoms. The SMILES string of the molecule is CCOc1ccc2nc(Cl)c(C3CC(c4ccc(C)cc4)=NN3C(=O)CCC(=O)O)cc2c1. The highest BCUT2D eigenvalue weighted by atomic mass is 35.5. The number of pyridine rings is 1. The van der Waals surface area contributed by atoms with Gasteiger partial charge >= 0.3 is 5.97 Å². The van der Waals surface area contributed by atoms with Crippen LogP contribution in [0.3, 0.4) is 0 Å². The zero-order valence-corrected chi connectivity index (χ0v) is 19.2. The molecular formula is C25H24ClN3O4. The molecule has 1 aliphatic rings. The maximum atomic E-state index is 13.0. The molecule has 3 aromatic rings. The third-order valence-corrected chi connectivity index (χ3v) is 5.84. The zero-order valence-electron chi connectivity index (χ0n) is 18.4. The van der Waals surface area contributed by atoms with Gasteiger partial charge in [-0.3, -0.25) is 9.59 Å². The summed E-state index contributed by atoms with van der Waals surface area (Å²) in [4.78, 5) is 28.5. The van der Waals surface area contributed by atoms with Crippen molar-refractivity contribution >= 4 is 40.1 Å². The molecule has 2 heterocycles. The van der Waals surface area contributed by atoms with Gasteiger partial charge in [0.2, 0.25) is 5.91 Å². The molecule has 1 N–H and O–H groups in total. The van der Waals surface area contributed by atoms with Gasteiger partial charge in [-0.2, -0.15) is 5.10 Å². The number of rotatable bonds is 7. The summed E-state index contributed by atoms with van der Waals surface area (Å²) in [6.07, 6.45) is 0.0302. The molecule has 0 fully saturated rings. The summed E-state index contributed by atoms with van der Waals surface area (Å²) in [6, 6.07) is 14.9. The van der Waals surface area contributed by atoms with Crippen LogP contribution >= 0.6 is 11.6 Å². The number of hydrogen-bond acceptors (Lipinski definition) is 5. The Bertz CT molecular complexity index is 1240. The van der Waals surface area contributed by atoms with Gasteiger partial charge < -0.3 is 9.84 Å². The summed E-state index contributed by atoms with van der Waals surface area (Å²) in [5.74, 6) is -0.683. The maximum absolute atomic E-state index is 13.0. The van der Waals surface area contributed by atoms with Gasteiger partial charge in [-0.1, -0.05) is 41.4 Å². The van der Waals surface area contributed by atoms with E-state index in [2.05, 4.69) is 10.1 Å². The van der Waals surface area contributed by atoms with Crippen LogP contribution in [0.1, 0.15) is 48.9 Å².